The molecule has 6 heteroatoms. The van der Waals surface area contributed by atoms with Gasteiger partial charge in [-0.25, -0.2) is 0 Å². The van der Waals surface area contributed by atoms with Crippen molar-refractivity contribution < 1.29 is 14.4 Å². The number of aromatic nitrogens is 1. The van der Waals surface area contributed by atoms with Crippen LogP contribution in [0.4, 0.5) is 0 Å². The maximum Gasteiger partial charge on any atom is 0.225 e. The van der Waals surface area contributed by atoms with Gasteiger partial charge in [-0.2, -0.15) is 0 Å². The van der Waals surface area contributed by atoms with E-state index in [-0.39, 0.29) is 12.3 Å². The number of aryl methyl sites for hydroxylation is 1. The summed E-state index contributed by atoms with van der Waals surface area (Å²) in [5.74, 6) is 0.970. The Morgan fingerprint density at radius 3 is 2.59 bits per heavy atom. The molecule has 0 spiro atoms. The number of aliphatic hydroxyl groups is 1. The lowest BCUT2D eigenvalue weighted by atomic mass is 9.97. The molecule has 0 radical (unpaired) electrons. The van der Waals surface area contributed by atoms with Gasteiger partial charge in [0.25, 0.3) is 0 Å². The fraction of sp³-hybridized carbons (Fsp3) is 0.750. The van der Waals surface area contributed by atoms with Crippen LogP contribution in [-0.4, -0.2) is 57.8 Å². The van der Waals surface area contributed by atoms with Crippen molar-refractivity contribution in [1.29, 1.82) is 0 Å². The van der Waals surface area contributed by atoms with E-state index in [1.54, 1.807) is 0 Å². The van der Waals surface area contributed by atoms with Crippen molar-refractivity contribution in [3.05, 3.63) is 17.5 Å². The first-order valence-electron chi connectivity index (χ1n) is 8.19. The second-order valence-electron chi connectivity index (χ2n) is 6.70. The summed E-state index contributed by atoms with van der Waals surface area (Å²) in [5, 5.41) is 14.3. The van der Waals surface area contributed by atoms with E-state index in [0.717, 1.165) is 69.9 Å². The van der Waals surface area contributed by atoms with E-state index in [1.807, 2.05) is 17.9 Å². The lowest BCUT2D eigenvalue weighted by Gasteiger charge is -2.35. The molecule has 3 rings (SSSR count). The first kappa shape index (κ1) is 15.5. The maximum absolute atomic E-state index is 12.3. The molecule has 2 aliphatic rings. The van der Waals surface area contributed by atoms with Gasteiger partial charge in [-0.1, -0.05) is 18.0 Å². The van der Waals surface area contributed by atoms with Gasteiger partial charge in [-0.05, 0) is 19.8 Å². The third-order valence-corrected chi connectivity index (χ3v) is 4.80. The van der Waals surface area contributed by atoms with Crippen molar-refractivity contribution >= 4 is 5.91 Å². The van der Waals surface area contributed by atoms with E-state index >= 15 is 0 Å². The van der Waals surface area contributed by atoms with Gasteiger partial charge in [0.1, 0.15) is 0 Å². The normalized spacial score (nSPS) is 22.2. The van der Waals surface area contributed by atoms with Gasteiger partial charge in [0.2, 0.25) is 5.91 Å². The van der Waals surface area contributed by atoms with Crippen LogP contribution in [0.25, 0.3) is 0 Å². The van der Waals surface area contributed by atoms with Crippen LogP contribution in [-0.2, 0) is 11.3 Å². The molecule has 2 fully saturated rings. The topological polar surface area (TPSA) is 69.8 Å². The number of rotatable bonds is 4. The minimum absolute atomic E-state index is 0.0968. The van der Waals surface area contributed by atoms with Crippen LogP contribution in [0.5, 0.6) is 0 Å². The molecule has 1 aromatic heterocycles. The molecule has 1 amide bonds. The Morgan fingerprint density at radius 2 is 2.00 bits per heavy atom. The highest BCUT2D eigenvalue weighted by atomic mass is 16.5. The number of hydrogen-bond donors (Lipinski definition) is 1. The number of piperazine rings is 1. The summed E-state index contributed by atoms with van der Waals surface area (Å²) in [6.45, 7) is 5.78. The Labute approximate surface area is 131 Å². The average molecular weight is 307 g/mol. The summed E-state index contributed by atoms with van der Waals surface area (Å²) in [4.78, 5) is 16.5. The van der Waals surface area contributed by atoms with Crippen LogP contribution in [0.15, 0.2) is 10.6 Å². The molecule has 1 aliphatic carbocycles. The standard InChI is InChI=1S/C16H25N3O3/c1-13-10-14(22-17-13)12-18-6-8-19(9-7-18)15(20)11-16(21)4-2-3-5-16/h10,21H,2-9,11-12H2,1H3. The Kier molecular flexibility index (Phi) is 4.49. The number of hydrogen-bond acceptors (Lipinski definition) is 5. The summed E-state index contributed by atoms with van der Waals surface area (Å²) in [6.07, 6.45) is 3.89. The van der Waals surface area contributed by atoms with E-state index in [1.165, 1.54) is 0 Å². The van der Waals surface area contributed by atoms with E-state index in [4.69, 9.17) is 4.52 Å². The van der Waals surface area contributed by atoms with Gasteiger partial charge in [-0.15, -0.1) is 0 Å². The van der Waals surface area contributed by atoms with E-state index < -0.39 is 5.60 Å². The van der Waals surface area contributed by atoms with Crippen LogP contribution in [0.3, 0.4) is 0 Å². The largest absolute Gasteiger partial charge is 0.389 e. The highest BCUT2D eigenvalue weighted by molar-refractivity contribution is 5.77. The zero-order valence-corrected chi connectivity index (χ0v) is 13.3. The summed E-state index contributed by atoms with van der Waals surface area (Å²) < 4.78 is 5.24. The molecular formula is C16H25N3O3. The third-order valence-electron chi connectivity index (χ3n) is 4.80. The summed E-state index contributed by atoms with van der Waals surface area (Å²) in [7, 11) is 0. The number of amides is 1. The molecule has 1 N–H and O–H groups in total. The second kappa shape index (κ2) is 6.38. The van der Waals surface area contributed by atoms with Crippen molar-refractivity contribution in [3.8, 4) is 0 Å². The molecule has 1 aromatic rings. The molecule has 122 valence electrons. The molecule has 0 bridgehead atoms. The van der Waals surface area contributed by atoms with Crippen LogP contribution in [0.2, 0.25) is 0 Å². The quantitative estimate of drug-likeness (QED) is 0.908. The van der Waals surface area contributed by atoms with Crippen molar-refractivity contribution in [3.63, 3.8) is 0 Å². The SMILES string of the molecule is Cc1cc(CN2CCN(C(=O)CC3(O)CCCC3)CC2)on1. The number of carbonyl (C=O) groups is 1. The molecule has 1 saturated carbocycles. The lowest BCUT2D eigenvalue weighted by Crippen LogP contribution is -2.49. The third kappa shape index (κ3) is 3.67. The van der Waals surface area contributed by atoms with Gasteiger partial charge in [0.05, 0.1) is 24.3 Å². The van der Waals surface area contributed by atoms with Crippen LogP contribution in [0.1, 0.15) is 43.6 Å². The van der Waals surface area contributed by atoms with Gasteiger partial charge in [0, 0.05) is 32.2 Å². The molecule has 22 heavy (non-hydrogen) atoms. The molecule has 1 saturated heterocycles. The van der Waals surface area contributed by atoms with E-state index in [0.29, 0.717) is 0 Å². The Hall–Kier alpha value is -1.40. The van der Waals surface area contributed by atoms with Crippen molar-refractivity contribution in [2.24, 2.45) is 0 Å². The van der Waals surface area contributed by atoms with Gasteiger partial charge < -0.3 is 14.5 Å². The Balaban J connectivity index is 1.45. The highest BCUT2D eigenvalue weighted by Gasteiger charge is 2.35. The Morgan fingerprint density at radius 1 is 1.32 bits per heavy atom. The molecular weight excluding hydrogens is 282 g/mol. The van der Waals surface area contributed by atoms with Crippen LogP contribution in [0, 0.1) is 6.92 Å². The Bertz CT molecular complexity index is 514. The fourth-order valence-electron chi connectivity index (χ4n) is 3.47. The van der Waals surface area contributed by atoms with Crippen molar-refractivity contribution in [2.75, 3.05) is 26.2 Å². The van der Waals surface area contributed by atoms with E-state index in [2.05, 4.69) is 10.1 Å². The first-order valence-corrected chi connectivity index (χ1v) is 8.19. The minimum Gasteiger partial charge on any atom is -0.389 e. The lowest BCUT2D eigenvalue weighted by molar-refractivity contribution is -0.138. The van der Waals surface area contributed by atoms with Crippen molar-refractivity contribution in [2.45, 2.75) is 51.2 Å². The smallest absolute Gasteiger partial charge is 0.225 e. The predicted molar refractivity (Wildman–Crippen MR) is 81.1 cm³/mol. The highest BCUT2D eigenvalue weighted by Crippen LogP contribution is 2.32. The number of carbonyl (C=O) groups excluding carboxylic acids is 1. The number of nitrogens with zero attached hydrogens (tertiary/aromatic N) is 3. The van der Waals surface area contributed by atoms with E-state index in [9.17, 15) is 9.90 Å². The molecule has 0 aromatic carbocycles. The zero-order chi connectivity index (χ0) is 15.6. The summed E-state index contributed by atoms with van der Waals surface area (Å²) >= 11 is 0. The van der Waals surface area contributed by atoms with Gasteiger partial charge >= 0.3 is 0 Å². The van der Waals surface area contributed by atoms with Gasteiger partial charge in [-0.3, -0.25) is 9.69 Å². The molecule has 0 atom stereocenters. The second-order valence-corrected chi connectivity index (χ2v) is 6.70. The predicted octanol–water partition coefficient (Wildman–Crippen LogP) is 1.32. The molecule has 1 aliphatic heterocycles. The van der Waals surface area contributed by atoms with Crippen molar-refractivity contribution in [1.82, 2.24) is 15.0 Å². The molecule has 2 heterocycles. The minimum atomic E-state index is -0.744. The molecule has 6 nitrogen and oxygen atoms in total. The summed E-state index contributed by atoms with van der Waals surface area (Å²) in [5.41, 5.74) is 0.152. The van der Waals surface area contributed by atoms with Crippen LogP contribution >= 0.6 is 0 Å². The fourth-order valence-corrected chi connectivity index (χ4v) is 3.47. The van der Waals surface area contributed by atoms with Gasteiger partial charge in [0.15, 0.2) is 5.76 Å². The molecule has 0 unspecified atom stereocenters. The average Bonchev–Trinajstić information content (AvgIpc) is 3.08. The zero-order valence-electron chi connectivity index (χ0n) is 13.3. The summed E-state index contributed by atoms with van der Waals surface area (Å²) in [6, 6.07) is 1.95. The first-order chi connectivity index (χ1) is 10.5. The van der Waals surface area contributed by atoms with Crippen LogP contribution < -0.4 is 0 Å². The maximum atomic E-state index is 12.3. The monoisotopic (exact) mass is 307 g/mol.